The number of nitrogens with one attached hydrogen (secondary N) is 1. The molecule has 2 aromatic rings. The molecule has 1 N–H and O–H groups in total. The normalized spacial score (nSPS) is 19.8. The van der Waals surface area contributed by atoms with E-state index in [9.17, 15) is 9.59 Å². The highest BCUT2D eigenvalue weighted by molar-refractivity contribution is 7.20. The van der Waals surface area contributed by atoms with Crippen molar-refractivity contribution < 1.29 is 4.79 Å². The average Bonchev–Trinajstić information content (AvgIpc) is 2.84. The molecule has 0 aliphatic carbocycles. The van der Waals surface area contributed by atoms with Crippen LogP contribution in [0, 0.1) is 12.8 Å². The van der Waals surface area contributed by atoms with Gasteiger partial charge in [0.1, 0.15) is 10.7 Å². The SMILES string of the molecule is CNCC1CCCN(C(=O)c2sc3nc4n(c(=O)c3c2C)CCCCC4)C1.Cl. The number of aryl methyl sites for hydroxylation is 2. The van der Waals surface area contributed by atoms with Crippen molar-refractivity contribution in [1.29, 1.82) is 0 Å². The van der Waals surface area contributed by atoms with Crippen molar-refractivity contribution >= 4 is 39.9 Å². The van der Waals surface area contributed by atoms with Crippen molar-refractivity contribution in [3.63, 3.8) is 0 Å². The van der Waals surface area contributed by atoms with E-state index in [2.05, 4.69) is 5.32 Å². The quantitative estimate of drug-likeness (QED) is 0.822. The number of thiophene rings is 1. The van der Waals surface area contributed by atoms with Gasteiger partial charge in [-0.15, -0.1) is 23.7 Å². The number of amides is 1. The zero-order valence-corrected chi connectivity index (χ0v) is 18.3. The van der Waals surface area contributed by atoms with Gasteiger partial charge in [-0.25, -0.2) is 4.98 Å². The van der Waals surface area contributed by atoms with Gasteiger partial charge in [0, 0.05) is 26.1 Å². The highest BCUT2D eigenvalue weighted by Crippen LogP contribution is 2.30. The Hall–Kier alpha value is -1.44. The fourth-order valence-corrected chi connectivity index (χ4v) is 5.62. The predicted octanol–water partition coefficient (Wildman–Crippen LogP) is 2.99. The number of likely N-dealkylation sites (tertiary alicyclic amines) is 1. The lowest BCUT2D eigenvalue weighted by atomic mass is 9.97. The number of aromatic nitrogens is 2. The predicted molar refractivity (Wildman–Crippen MR) is 116 cm³/mol. The largest absolute Gasteiger partial charge is 0.338 e. The maximum Gasteiger partial charge on any atom is 0.264 e. The molecule has 0 bridgehead atoms. The van der Waals surface area contributed by atoms with Crippen molar-refractivity contribution in [3.05, 3.63) is 26.6 Å². The third-order valence-electron chi connectivity index (χ3n) is 5.90. The smallest absolute Gasteiger partial charge is 0.264 e. The number of halogens is 1. The van der Waals surface area contributed by atoms with Crippen LogP contribution < -0.4 is 10.9 Å². The molecule has 6 nitrogen and oxygen atoms in total. The van der Waals surface area contributed by atoms with Gasteiger partial charge in [-0.3, -0.25) is 14.2 Å². The maximum atomic E-state index is 13.2. The van der Waals surface area contributed by atoms with Crippen molar-refractivity contribution in [2.24, 2.45) is 5.92 Å². The molecule has 0 spiro atoms. The summed E-state index contributed by atoms with van der Waals surface area (Å²) in [6, 6.07) is 0. The van der Waals surface area contributed by atoms with Gasteiger partial charge in [-0.05, 0) is 57.7 Å². The lowest BCUT2D eigenvalue weighted by Crippen LogP contribution is -2.42. The summed E-state index contributed by atoms with van der Waals surface area (Å²) in [5.41, 5.74) is 0.851. The van der Waals surface area contributed by atoms with Gasteiger partial charge in [0.25, 0.3) is 11.5 Å². The Morgan fingerprint density at radius 3 is 2.86 bits per heavy atom. The van der Waals surface area contributed by atoms with Gasteiger partial charge in [-0.2, -0.15) is 0 Å². The molecule has 1 amide bonds. The molecule has 154 valence electrons. The van der Waals surface area contributed by atoms with E-state index in [0.29, 0.717) is 16.2 Å². The minimum atomic E-state index is 0. The molecule has 8 heteroatoms. The first kappa shape index (κ1) is 21.3. The molecule has 28 heavy (non-hydrogen) atoms. The summed E-state index contributed by atoms with van der Waals surface area (Å²) in [5.74, 6) is 1.45. The molecular weight excluding hydrogens is 396 g/mol. The minimum absolute atomic E-state index is 0. The Bertz CT molecular complexity index is 921. The fourth-order valence-electron chi connectivity index (χ4n) is 4.46. The zero-order chi connectivity index (χ0) is 19.0. The first-order valence-corrected chi connectivity index (χ1v) is 10.9. The van der Waals surface area contributed by atoms with Crippen LogP contribution in [0.15, 0.2) is 4.79 Å². The van der Waals surface area contributed by atoms with Gasteiger partial charge in [0.15, 0.2) is 0 Å². The Balaban J connectivity index is 0.00000225. The van der Waals surface area contributed by atoms with Crippen LogP contribution in [0.4, 0.5) is 0 Å². The average molecular weight is 425 g/mol. The van der Waals surface area contributed by atoms with E-state index in [4.69, 9.17) is 4.98 Å². The van der Waals surface area contributed by atoms with E-state index in [1.807, 2.05) is 23.4 Å². The molecule has 4 rings (SSSR count). The maximum absolute atomic E-state index is 13.2. The van der Waals surface area contributed by atoms with Gasteiger partial charge in [0.2, 0.25) is 0 Å². The van der Waals surface area contributed by atoms with E-state index in [1.165, 1.54) is 11.3 Å². The number of carbonyl (C=O) groups is 1. The van der Waals surface area contributed by atoms with Crippen LogP contribution >= 0.6 is 23.7 Å². The van der Waals surface area contributed by atoms with E-state index in [-0.39, 0.29) is 23.9 Å². The van der Waals surface area contributed by atoms with Crippen molar-refractivity contribution in [2.45, 2.75) is 52.0 Å². The van der Waals surface area contributed by atoms with E-state index in [1.54, 1.807) is 0 Å². The van der Waals surface area contributed by atoms with Crippen molar-refractivity contribution in [3.8, 4) is 0 Å². The van der Waals surface area contributed by atoms with Crippen molar-refractivity contribution in [1.82, 2.24) is 19.8 Å². The lowest BCUT2D eigenvalue weighted by Gasteiger charge is -2.32. The number of carbonyl (C=O) groups excluding carboxylic acids is 1. The van der Waals surface area contributed by atoms with Gasteiger partial charge < -0.3 is 10.2 Å². The Morgan fingerprint density at radius 1 is 1.25 bits per heavy atom. The molecule has 0 saturated carbocycles. The topological polar surface area (TPSA) is 67.2 Å². The first-order valence-electron chi connectivity index (χ1n) is 10.1. The monoisotopic (exact) mass is 424 g/mol. The van der Waals surface area contributed by atoms with Crippen LogP contribution in [-0.2, 0) is 13.0 Å². The number of rotatable bonds is 3. The molecule has 1 unspecified atom stereocenters. The standard InChI is InChI=1S/C20H28N4O2S.ClH/c1-13-16-18(22-15-8-4-3-5-10-24(15)19(16)25)27-17(13)20(26)23-9-6-7-14(12-23)11-21-2;/h14,21H,3-12H2,1-2H3;1H. The number of fused-ring (bicyclic) bond motifs is 2. The van der Waals surface area contributed by atoms with Crippen LogP contribution in [0.1, 0.15) is 53.2 Å². The molecule has 2 aliphatic heterocycles. The summed E-state index contributed by atoms with van der Waals surface area (Å²) in [6.07, 6.45) is 6.29. The molecule has 1 fully saturated rings. The van der Waals surface area contributed by atoms with Crippen LogP contribution in [0.2, 0.25) is 0 Å². The number of piperidine rings is 1. The van der Waals surface area contributed by atoms with Gasteiger partial charge >= 0.3 is 0 Å². The zero-order valence-electron chi connectivity index (χ0n) is 16.6. The summed E-state index contributed by atoms with van der Waals surface area (Å²) in [6.45, 7) is 5.18. The van der Waals surface area contributed by atoms with Crippen LogP contribution in [0.3, 0.4) is 0 Å². The summed E-state index contributed by atoms with van der Waals surface area (Å²) in [7, 11) is 1.96. The second-order valence-electron chi connectivity index (χ2n) is 7.85. The third-order valence-corrected chi connectivity index (χ3v) is 7.08. The molecular formula is C20H29ClN4O2S. The number of hydrogen-bond donors (Lipinski definition) is 1. The Kier molecular flexibility index (Phi) is 6.78. The highest BCUT2D eigenvalue weighted by atomic mass is 35.5. The fraction of sp³-hybridized carbons (Fsp3) is 0.650. The lowest BCUT2D eigenvalue weighted by molar-refractivity contribution is 0.0678. The molecule has 1 saturated heterocycles. The van der Waals surface area contributed by atoms with E-state index in [0.717, 1.165) is 80.9 Å². The van der Waals surface area contributed by atoms with Crippen molar-refractivity contribution in [2.75, 3.05) is 26.7 Å². The van der Waals surface area contributed by atoms with Gasteiger partial charge in [0.05, 0.1) is 10.3 Å². The van der Waals surface area contributed by atoms with Crippen LogP contribution in [0.25, 0.3) is 10.2 Å². The van der Waals surface area contributed by atoms with E-state index >= 15 is 0 Å². The summed E-state index contributed by atoms with van der Waals surface area (Å²) < 4.78 is 1.84. The molecule has 2 aromatic heterocycles. The minimum Gasteiger partial charge on any atom is -0.338 e. The third kappa shape index (κ3) is 3.84. The Morgan fingerprint density at radius 2 is 2.07 bits per heavy atom. The molecule has 0 radical (unpaired) electrons. The first-order chi connectivity index (χ1) is 13.1. The van der Waals surface area contributed by atoms with Gasteiger partial charge in [-0.1, -0.05) is 6.42 Å². The second kappa shape index (κ2) is 8.93. The molecule has 4 heterocycles. The molecule has 2 aliphatic rings. The van der Waals surface area contributed by atoms with Crippen LogP contribution in [0.5, 0.6) is 0 Å². The summed E-state index contributed by atoms with van der Waals surface area (Å²) in [4.78, 5) is 34.5. The van der Waals surface area contributed by atoms with E-state index < -0.39 is 0 Å². The molecule has 0 aromatic carbocycles. The van der Waals surface area contributed by atoms with Crippen LogP contribution in [-0.4, -0.2) is 47.0 Å². The summed E-state index contributed by atoms with van der Waals surface area (Å²) in [5, 5.41) is 3.87. The second-order valence-corrected chi connectivity index (χ2v) is 8.85. The summed E-state index contributed by atoms with van der Waals surface area (Å²) >= 11 is 1.40. The number of hydrogen-bond acceptors (Lipinski definition) is 5. The molecule has 1 atom stereocenters. The Labute approximate surface area is 175 Å². The number of nitrogens with zero attached hydrogens (tertiary/aromatic N) is 3. The highest BCUT2D eigenvalue weighted by Gasteiger charge is 2.28.